The zero-order valence-corrected chi connectivity index (χ0v) is 18.3. The van der Waals surface area contributed by atoms with Gasteiger partial charge < -0.3 is 21.3 Å². The van der Waals surface area contributed by atoms with Crippen molar-refractivity contribution in [2.75, 3.05) is 31.5 Å². The quantitative estimate of drug-likeness (QED) is 0.655. The Morgan fingerprint density at radius 2 is 2.09 bits per heavy atom. The molecule has 0 bridgehead atoms. The molecule has 168 valence electrons. The van der Waals surface area contributed by atoms with E-state index in [9.17, 15) is 9.59 Å². The molecule has 2 aliphatic heterocycles. The maximum Gasteiger partial charge on any atom is 0.290 e. The number of hydrogen-bond donors (Lipinski definition) is 3. The lowest BCUT2D eigenvalue weighted by molar-refractivity contribution is -0.130. The Labute approximate surface area is 188 Å². The number of nitrogens with zero attached hydrogens (tertiary/aromatic N) is 3. The molecule has 1 aliphatic carbocycles. The van der Waals surface area contributed by atoms with Crippen LogP contribution >= 0.6 is 0 Å². The highest BCUT2D eigenvalue weighted by atomic mass is 16.2. The van der Waals surface area contributed by atoms with Crippen LogP contribution in [0, 0.1) is 11.3 Å². The van der Waals surface area contributed by atoms with E-state index >= 15 is 0 Å². The van der Waals surface area contributed by atoms with Crippen molar-refractivity contribution in [3.8, 4) is 6.07 Å². The molecule has 8 nitrogen and oxygen atoms in total. The molecule has 1 aromatic carbocycles. The zero-order chi connectivity index (χ0) is 22.5. The van der Waals surface area contributed by atoms with E-state index in [1.807, 2.05) is 11.0 Å². The Kier molecular flexibility index (Phi) is 6.86. The predicted octanol–water partition coefficient (Wildman–Crippen LogP) is 2.14. The highest BCUT2D eigenvalue weighted by molar-refractivity contribution is 6.42. The standard InChI is InChI=1S/C24H30N6O2/c25-13-19-15-27-23(28-19)24(32)29-21-7-6-18(12-20(21)17-4-2-1-3-5-17)16-8-10-30(11-9-16)22(31)14-26/h4,6-7,12,16,19H,1-3,5,8-11,14-15,26H2,(H,27,28)(H,29,32). The van der Waals surface area contributed by atoms with Gasteiger partial charge in [-0.1, -0.05) is 12.1 Å². The summed E-state index contributed by atoms with van der Waals surface area (Å²) < 4.78 is 0. The van der Waals surface area contributed by atoms with E-state index in [1.165, 1.54) is 17.6 Å². The van der Waals surface area contributed by atoms with Gasteiger partial charge >= 0.3 is 0 Å². The van der Waals surface area contributed by atoms with Gasteiger partial charge in [-0.05, 0) is 67.7 Å². The van der Waals surface area contributed by atoms with Crippen molar-refractivity contribution in [3.05, 3.63) is 35.4 Å². The first-order valence-corrected chi connectivity index (χ1v) is 11.4. The molecular formula is C24H30N6O2. The third-order valence-electron chi connectivity index (χ3n) is 6.53. The van der Waals surface area contributed by atoms with E-state index < -0.39 is 6.04 Å². The number of nitriles is 1. The Morgan fingerprint density at radius 3 is 2.75 bits per heavy atom. The Morgan fingerprint density at radius 1 is 1.28 bits per heavy atom. The van der Waals surface area contributed by atoms with Crippen molar-refractivity contribution >= 4 is 28.9 Å². The van der Waals surface area contributed by atoms with Crippen LogP contribution in [-0.4, -0.2) is 54.8 Å². The molecule has 1 unspecified atom stereocenters. The molecule has 1 atom stereocenters. The summed E-state index contributed by atoms with van der Waals surface area (Å²) in [5.74, 6) is 0.279. The molecule has 1 aromatic rings. The summed E-state index contributed by atoms with van der Waals surface area (Å²) in [6.45, 7) is 1.87. The Bertz CT molecular complexity index is 985. The minimum atomic E-state index is -0.518. The summed E-state index contributed by atoms with van der Waals surface area (Å²) in [4.78, 5) is 30.6. The molecule has 8 heteroatoms. The molecule has 0 saturated carbocycles. The normalized spacial score (nSPS) is 21.2. The first-order valence-electron chi connectivity index (χ1n) is 11.4. The minimum Gasteiger partial charge on any atom is -0.362 e. The van der Waals surface area contributed by atoms with Gasteiger partial charge in [0, 0.05) is 24.3 Å². The molecular weight excluding hydrogens is 404 g/mol. The topological polar surface area (TPSA) is 124 Å². The average molecular weight is 435 g/mol. The lowest BCUT2D eigenvalue weighted by atomic mass is 9.85. The van der Waals surface area contributed by atoms with E-state index in [1.54, 1.807) is 0 Å². The number of amides is 2. The van der Waals surface area contributed by atoms with Gasteiger partial charge in [0.25, 0.3) is 5.91 Å². The molecule has 0 spiro atoms. The number of aliphatic imine (C=N–C) groups is 1. The van der Waals surface area contributed by atoms with Crippen LogP contribution in [0.1, 0.15) is 55.6 Å². The molecule has 4 rings (SSSR count). The number of likely N-dealkylation sites (tertiary alicyclic amines) is 1. The number of benzene rings is 1. The fraction of sp³-hybridized carbons (Fsp3) is 0.500. The third kappa shape index (κ3) is 4.83. The second-order valence-electron chi connectivity index (χ2n) is 8.60. The van der Waals surface area contributed by atoms with E-state index in [0.717, 1.165) is 56.4 Å². The van der Waals surface area contributed by atoms with Gasteiger partial charge in [-0.3, -0.25) is 9.59 Å². The van der Waals surface area contributed by atoms with Gasteiger partial charge in [0.1, 0.15) is 0 Å². The van der Waals surface area contributed by atoms with Crippen LogP contribution < -0.4 is 16.4 Å². The molecule has 0 radical (unpaired) electrons. The number of carbonyl (C=O) groups is 2. The average Bonchev–Trinajstić information content (AvgIpc) is 3.34. The van der Waals surface area contributed by atoms with Crippen LogP contribution in [-0.2, 0) is 9.59 Å². The SMILES string of the molecule is N#CC1CNC(C(=O)Nc2ccc(C3CCN(C(=O)CN)CC3)cc2C2=CCCCC2)=N1. The first-order chi connectivity index (χ1) is 15.6. The smallest absolute Gasteiger partial charge is 0.290 e. The summed E-state index contributed by atoms with van der Waals surface area (Å²) in [5, 5.41) is 14.9. The van der Waals surface area contributed by atoms with Crippen LogP contribution in [0.5, 0.6) is 0 Å². The second-order valence-corrected chi connectivity index (χ2v) is 8.60. The number of allylic oxidation sites excluding steroid dienone is 2. The molecule has 4 N–H and O–H groups in total. The van der Waals surface area contributed by atoms with Crippen molar-refractivity contribution in [1.29, 1.82) is 5.26 Å². The van der Waals surface area contributed by atoms with Crippen molar-refractivity contribution in [2.45, 2.75) is 50.5 Å². The monoisotopic (exact) mass is 434 g/mol. The van der Waals surface area contributed by atoms with E-state index in [2.05, 4.69) is 39.9 Å². The van der Waals surface area contributed by atoms with Crippen molar-refractivity contribution < 1.29 is 9.59 Å². The number of nitrogens with one attached hydrogen (secondary N) is 2. The van der Waals surface area contributed by atoms with Crippen LogP contribution in [0.4, 0.5) is 5.69 Å². The summed E-state index contributed by atoms with van der Waals surface area (Å²) in [7, 11) is 0. The highest BCUT2D eigenvalue weighted by Crippen LogP contribution is 2.36. The number of rotatable bonds is 5. The largest absolute Gasteiger partial charge is 0.362 e. The van der Waals surface area contributed by atoms with Crippen molar-refractivity contribution in [1.82, 2.24) is 10.2 Å². The number of hydrogen-bond acceptors (Lipinski definition) is 6. The van der Waals surface area contributed by atoms with Gasteiger partial charge in [0.2, 0.25) is 5.91 Å². The van der Waals surface area contributed by atoms with Crippen LogP contribution in [0.2, 0.25) is 0 Å². The van der Waals surface area contributed by atoms with E-state index in [0.29, 0.717) is 12.5 Å². The molecule has 3 aliphatic rings. The molecule has 0 aromatic heterocycles. The second kappa shape index (κ2) is 9.96. The fourth-order valence-corrected chi connectivity index (χ4v) is 4.70. The lowest BCUT2D eigenvalue weighted by Gasteiger charge is -2.32. The first kappa shape index (κ1) is 22.0. The van der Waals surface area contributed by atoms with Crippen molar-refractivity contribution in [2.24, 2.45) is 10.7 Å². The number of nitrogens with two attached hydrogens (primary N) is 1. The number of amidine groups is 1. The highest BCUT2D eigenvalue weighted by Gasteiger charge is 2.26. The summed E-state index contributed by atoms with van der Waals surface area (Å²) in [5.41, 5.74) is 9.85. The summed E-state index contributed by atoms with van der Waals surface area (Å²) in [6, 6.07) is 7.81. The van der Waals surface area contributed by atoms with Crippen LogP contribution in [0.25, 0.3) is 5.57 Å². The maximum absolute atomic E-state index is 12.7. The maximum atomic E-state index is 12.7. The molecule has 32 heavy (non-hydrogen) atoms. The van der Waals surface area contributed by atoms with Crippen molar-refractivity contribution in [3.63, 3.8) is 0 Å². The van der Waals surface area contributed by atoms with Gasteiger partial charge in [-0.25, -0.2) is 4.99 Å². The molecule has 2 amide bonds. The molecule has 1 saturated heterocycles. The predicted molar refractivity (Wildman–Crippen MR) is 124 cm³/mol. The van der Waals surface area contributed by atoms with Gasteiger partial charge in [-0.2, -0.15) is 5.26 Å². The Balaban J connectivity index is 1.55. The number of piperidine rings is 1. The number of carbonyl (C=O) groups excluding carboxylic acids is 2. The van der Waals surface area contributed by atoms with Crippen LogP contribution in [0.15, 0.2) is 29.3 Å². The van der Waals surface area contributed by atoms with Gasteiger partial charge in [0.05, 0.1) is 19.2 Å². The van der Waals surface area contributed by atoms with Gasteiger partial charge in [-0.15, -0.1) is 0 Å². The van der Waals surface area contributed by atoms with E-state index in [-0.39, 0.29) is 24.2 Å². The minimum absolute atomic E-state index is 0.0108. The summed E-state index contributed by atoms with van der Waals surface area (Å²) >= 11 is 0. The summed E-state index contributed by atoms with van der Waals surface area (Å²) in [6.07, 6.45) is 8.46. The molecule has 1 fully saturated rings. The molecule has 2 heterocycles. The fourth-order valence-electron chi connectivity index (χ4n) is 4.70. The number of anilines is 1. The van der Waals surface area contributed by atoms with Gasteiger partial charge in [0.15, 0.2) is 11.9 Å². The third-order valence-corrected chi connectivity index (χ3v) is 6.53. The Hall–Kier alpha value is -3.18. The lowest BCUT2D eigenvalue weighted by Crippen LogP contribution is -2.41. The zero-order valence-electron chi connectivity index (χ0n) is 18.3. The van der Waals surface area contributed by atoms with E-state index in [4.69, 9.17) is 11.0 Å². The van der Waals surface area contributed by atoms with Crippen LogP contribution in [0.3, 0.4) is 0 Å².